The van der Waals surface area contributed by atoms with Gasteiger partial charge >= 0.3 is 90.5 Å². The van der Waals surface area contributed by atoms with E-state index in [0.29, 0.717) is 6.42 Å². The van der Waals surface area contributed by atoms with Crippen LogP contribution < -0.4 is 3.58 Å². The first kappa shape index (κ1) is 11.8. The first-order valence-electron chi connectivity index (χ1n) is 5.09. The SMILES string of the molecule is CCC(=O)c1ccc[c]([Sn]([CH3])([CH3])[CH3])c1. The van der Waals surface area contributed by atoms with Gasteiger partial charge in [-0.15, -0.1) is 0 Å². The zero-order chi connectivity index (χ0) is 10.8. The number of Topliss-reactive ketones (excluding diaryl/α,β-unsaturated/α-hetero) is 1. The Balaban J connectivity index is 3.08. The van der Waals surface area contributed by atoms with Gasteiger partial charge in [0.05, 0.1) is 0 Å². The van der Waals surface area contributed by atoms with Crippen LogP contribution in [0.25, 0.3) is 0 Å². The van der Waals surface area contributed by atoms with E-state index in [0.717, 1.165) is 5.56 Å². The molecule has 0 fully saturated rings. The summed E-state index contributed by atoms with van der Waals surface area (Å²) in [5.41, 5.74) is 0.886. The van der Waals surface area contributed by atoms with Gasteiger partial charge in [-0.1, -0.05) is 0 Å². The number of hydrogen-bond donors (Lipinski definition) is 0. The fourth-order valence-corrected chi connectivity index (χ4v) is 4.74. The second-order valence-electron chi connectivity index (χ2n) is 4.61. The number of hydrogen-bond acceptors (Lipinski definition) is 1. The predicted octanol–water partition coefficient (Wildman–Crippen LogP) is 2.82. The van der Waals surface area contributed by atoms with E-state index in [1.807, 2.05) is 19.1 Å². The zero-order valence-electron chi connectivity index (χ0n) is 9.42. The van der Waals surface area contributed by atoms with Gasteiger partial charge in [-0.25, -0.2) is 0 Å². The summed E-state index contributed by atoms with van der Waals surface area (Å²) in [5, 5.41) is 0. The van der Waals surface area contributed by atoms with E-state index in [4.69, 9.17) is 0 Å². The van der Waals surface area contributed by atoms with Crippen LogP contribution in [0.5, 0.6) is 0 Å². The molecular formula is C12H18OSn. The molecule has 0 spiro atoms. The van der Waals surface area contributed by atoms with Gasteiger partial charge in [0.15, 0.2) is 0 Å². The Morgan fingerprint density at radius 1 is 1.29 bits per heavy atom. The Labute approximate surface area is 90.4 Å². The Morgan fingerprint density at radius 2 is 1.93 bits per heavy atom. The van der Waals surface area contributed by atoms with E-state index in [2.05, 4.69) is 27.0 Å². The topological polar surface area (TPSA) is 17.1 Å². The molecule has 0 bridgehead atoms. The molecule has 0 radical (unpaired) electrons. The van der Waals surface area contributed by atoms with Crippen LogP contribution in [-0.4, -0.2) is 24.2 Å². The number of ketones is 1. The molecule has 1 aromatic carbocycles. The fourth-order valence-electron chi connectivity index (χ4n) is 1.36. The van der Waals surface area contributed by atoms with Crippen LogP contribution in [-0.2, 0) is 0 Å². The van der Waals surface area contributed by atoms with Gasteiger partial charge in [-0.3, -0.25) is 0 Å². The number of carbonyl (C=O) groups is 1. The average molecular weight is 297 g/mol. The second-order valence-corrected chi connectivity index (χ2v) is 19.1. The molecule has 0 aromatic heterocycles. The van der Waals surface area contributed by atoms with Crippen molar-refractivity contribution in [3.05, 3.63) is 29.8 Å². The minimum atomic E-state index is -1.99. The maximum atomic E-state index is 11.5. The molecule has 0 atom stereocenters. The van der Waals surface area contributed by atoms with Crippen molar-refractivity contribution in [2.24, 2.45) is 0 Å². The van der Waals surface area contributed by atoms with Gasteiger partial charge in [-0.05, 0) is 0 Å². The summed E-state index contributed by atoms with van der Waals surface area (Å²) in [7, 11) is 0. The first-order valence-corrected chi connectivity index (χ1v) is 15.1. The van der Waals surface area contributed by atoms with Crippen LogP contribution in [0.15, 0.2) is 24.3 Å². The Kier molecular flexibility index (Phi) is 3.76. The van der Waals surface area contributed by atoms with Crippen molar-refractivity contribution in [3.8, 4) is 0 Å². The third-order valence-corrected chi connectivity index (χ3v) is 8.20. The van der Waals surface area contributed by atoms with Crippen molar-refractivity contribution in [3.63, 3.8) is 0 Å². The molecule has 0 N–H and O–H groups in total. The molecule has 0 heterocycles. The summed E-state index contributed by atoms with van der Waals surface area (Å²) in [4.78, 5) is 18.6. The molecule has 0 aliphatic heterocycles. The predicted molar refractivity (Wildman–Crippen MR) is 64.0 cm³/mol. The van der Waals surface area contributed by atoms with Gasteiger partial charge in [0, 0.05) is 0 Å². The molecule has 1 aromatic rings. The van der Waals surface area contributed by atoms with Crippen molar-refractivity contribution in [1.82, 2.24) is 0 Å². The van der Waals surface area contributed by atoms with Crippen LogP contribution in [0, 0.1) is 0 Å². The zero-order valence-corrected chi connectivity index (χ0v) is 12.3. The molecule has 0 saturated heterocycles. The number of benzene rings is 1. The normalized spacial score (nSPS) is 11.4. The molecule has 0 aliphatic carbocycles. The molecule has 0 unspecified atom stereocenters. The molecule has 1 rings (SSSR count). The molecule has 1 nitrogen and oxygen atoms in total. The molecule has 0 aliphatic rings. The van der Waals surface area contributed by atoms with Crippen LogP contribution in [0.1, 0.15) is 23.7 Å². The standard InChI is InChI=1S/C9H9O.3CH3.Sn/c1-2-9(10)8-6-4-3-5-7-8;;;;/h3-4,6-7H,2H2,1H3;3*1H3;. The van der Waals surface area contributed by atoms with E-state index < -0.39 is 18.4 Å². The van der Waals surface area contributed by atoms with Crippen molar-refractivity contribution >= 4 is 27.7 Å². The van der Waals surface area contributed by atoms with Crippen LogP contribution in [0.3, 0.4) is 0 Å². The Hall–Kier alpha value is -0.311. The van der Waals surface area contributed by atoms with Crippen molar-refractivity contribution in [1.29, 1.82) is 0 Å². The summed E-state index contributed by atoms with van der Waals surface area (Å²) in [6.45, 7) is 1.91. The summed E-state index contributed by atoms with van der Waals surface area (Å²) in [6.07, 6.45) is 0.600. The minimum absolute atomic E-state index is 0.252. The summed E-state index contributed by atoms with van der Waals surface area (Å²) in [5.74, 6) is 0.252. The maximum absolute atomic E-state index is 11.5. The number of carbonyl (C=O) groups excluding carboxylic acids is 1. The monoisotopic (exact) mass is 298 g/mol. The van der Waals surface area contributed by atoms with Gasteiger partial charge in [0.25, 0.3) is 0 Å². The quantitative estimate of drug-likeness (QED) is 0.619. The summed E-state index contributed by atoms with van der Waals surface area (Å²) in [6, 6.07) is 8.21. The van der Waals surface area contributed by atoms with E-state index >= 15 is 0 Å². The molecule has 14 heavy (non-hydrogen) atoms. The average Bonchev–Trinajstić information content (AvgIpc) is 2.15. The van der Waals surface area contributed by atoms with E-state index in [-0.39, 0.29) is 5.78 Å². The van der Waals surface area contributed by atoms with Gasteiger partial charge < -0.3 is 0 Å². The first-order chi connectivity index (χ1) is 6.45. The number of rotatable bonds is 3. The Morgan fingerprint density at radius 3 is 2.43 bits per heavy atom. The van der Waals surface area contributed by atoms with Crippen LogP contribution in [0.2, 0.25) is 14.8 Å². The van der Waals surface area contributed by atoms with Gasteiger partial charge in [0.1, 0.15) is 0 Å². The van der Waals surface area contributed by atoms with E-state index in [9.17, 15) is 4.79 Å². The molecular weight excluding hydrogens is 279 g/mol. The van der Waals surface area contributed by atoms with Gasteiger partial charge in [0.2, 0.25) is 0 Å². The molecule has 0 saturated carbocycles. The van der Waals surface area contributed by atoms with Crippen molar-refractivity contribution < 1.29 is 4.79 Å². The van der Waals surface area contributed by atoms with Gasteiger partial charge in [-0.2, -0.15) is 0 Å². The summed E-state index contributed by atoms with van der Waals surface area (Å²) >= 11 is -1.99. The van der Waals surface area contributed by atoms with E-state index in [1.165, 1.54) is 3.58 Å². The fraction of sp³-hybridized carbons (Fsp3) is 0.417. The Bertz CT molecular complexity index is 336. The van der Waals surface area contributed by atoms with Crippen LogP contribution >= 0.6 is 0 Å². The van der Waals surface area contributed by atoms with Crippen molar-refractivity contribution in [2.75, 3.05) is 0 Å². The third-order valence-electron chi connectivity index (χ3n) is 2.37. The third kappa shape index (κ3) is 2.84. The van der Waals surface area contributed by atoms with Crippen LogP contribution in [0.4, 0.5) is 0 Å². The summed E-state index contributed by atoms with van der Waals surface area (Å²) < 4.78 is 1.43. The van der Waals surface area contributed by atoms with E-state index in [1.54, 1.807) is 0 Å². The molecule has 2 heteroatoms. The van der Waals surface area contributed by atoms with Crippen molar-refractivity contribution in [2.45, 2.75) is 28.2 Å². The molecule has 76 valence electrons. The molecule has 0 amide bonds. The second kappa shape index (κ2) is 4.47.